The molecule has 0 aromatic rings. The van der Waals surface area contributed by atoms with E-state index >= 15 is 0 Å². The number of hydrogen-bond donors (Lipinski definition) is 4. The Morgan fingerprint density at radius 3 is 2.08 bits per heavy atom. The van der Waals surface area contributed by atoms with Crippen molar-refractivity contribution in [3.8, 4) is 0 Å². The third kappa shape index (κ3) is 14.8. The van der Waals surface area contributed by atoms with Crippen LogP contribution in [0.1, 0.15) is 123 Å². The maximum atomic E-state index is 12.4. The van der Waals surface area contributed by atoms with Crippen molar-refractivity contribution < 1.29 is 29.7 Å². The molecule has 1 aliphatic carbocycles. The minimum absolute atomic E-state index is 0.0325. The first-order valence-electron chi connectivity index (χ1n) is 14.5. The zero-order valence-corrected chi connectivity index (χ0v) is 23.9. The van der Waals surface area contributed by atoms with Gasteiger partial charge in [-0.15, -0.1) is 11.8 Å². The summed E-state index contributed by atoms with van der Waals surface area (Å²) in [7, 11) is 0. The van der Waals surface area contributed by atoms with Crippen LogP contribution in [0.5, 0.6) is 0 Å². The first kappa shape index (κ1) is 33.5. The predicted molar refractivity (Wildman–Crippen MR) is 151 cm³/mol. The van der Waals surface area contributed by atoms with E-state index in [4.69, 9.17) is 0 Å². The lowest BCUT2D eigenvalue weighted by atomic mass is 9.80. The molecule has 1 amide bonds. The number of allylic oxidation sites excluding steroid dienone is 1. The highest BCUT2D eigenvalue weighted by atomic mass is 32.2. The Bertz CT molecular complexity index is 698. The van der Waals surface area contributed by atoms with Gasteiger partial charge in [0.25, 0.3) is 0 Å². The molecule has 1 saturated carbocycles. The summed E-state index contributed by atoms with van der Waals surface area (Å²) in [5, 5.41) is 31.7. The van der Waals surface area contributed by atoms with Gasteiger partial charge in [0.05, 0.1) is 23.5 Å². The summed E-state index contributed by atoms with van der Waals surface area (Å²) in [6, 6.07) is -0.912. The molecule has 0 aromatic carbocycles. The van der Waals surface area contributed by atoms with E-state index in [2.05, 4.69) is 18.3 Å². The number of carbonyl (C=O) groups is 3. The van der Waals surface area contributed by atoms with Crippen LogP contribution in [0.15, 0.2) is 11.6 Å². The Balaban J connectivity index is 2.52. The molecule has 0 heterocycles. The molecule has 7 nitrogen and oxygen atoms in total. The van der Waals surface area contributed by atoms with E-state index in [1.165, 1.54) is 76.0 Å². The molecule has 1 fully saturated rings. The number of aliphatic hydroxyl groups excluding tert-OH is 1. The van der Waals surface area contributed by atoms with Gasteiger partial charge in [0.1, 0.15) is 6.04 Å². The van der Waals surface area contributed by atoms with Gasteiger partial charge in [0.15, 0.2) is 0 Å². The molecule has 8 heteroatoms. The minimum Gasteiger partial charge on any atom is -0.481 e. The van der Waals surface area contributed by atoms with Crippen molar-refractivity contribution in [3.05, 3.63) is 11.6 Å². The summed E-state index contributed by atoms with van der Waals surface area (Å²) in [5.74, 6) is -2.66. The largest absolute Gasteiger partial charge is 0.481 e. The number of amides is 1. The molecule has 214 valence electrons. The second-order valence-corrected chi connectivity index (χ2v) is 11.6. The lowest BCUT2D eigenvalue weighted by Gasteiger charge is -2.36. The highest BCUT2D eigenvalue weighted by Crippen LogP contribution is 2.38. The number of thioether (sulfide) groups is 1. The summed E-state index contributed by atoms with van der Waals surface area (Å²) in [4.78, 5) is 35.0. The number of nitrogens with one attached hydrogen (secondary N) is 1. The smallest absolute Gasteiger partial charge is 0.326 e. The molecule has 1 unspecified atom stereocenters. The normalized spacial score (nSPS) is 21.6. The van der Waals surface area contributed by atoms with Crippen molar-refractivity contribution in [1.82, 2.24) is 5.32 Å². The second kappa shape index (κ2) is 20.4. The maximum absolute atomic E-state index is 12.4. The molecule has 0 aromatic heterocycles. The molecule has 0 bridgehead atoms. The van der Waals surface area contributed by atoms with Gasteiger partial charge in [-0.25, -0.2) is 4.79 Å². The summed E-state index contributed by atoms with van der Waals surface area (Å²) in [5.41, 5.74) is 1.09. The number of carboxylic acids is 2. The zero-order valence-electron chi connectivity index (χ0n) is 23.1. The third-order valence-electron chi connectivity index (χ3n) is 7.22. The van der Waals surface area contributed by atoms with Crippen molar-refractivity contribution in [3.63, 3.8) is 0 Å². The number of aliphatic hydroxyl groups is 1. The Labute approximate surface area is 228 Å². The van der Waals surface area contributed by atoms with Gasteiger partial charge >= 0.3 is 11.9 Å². The van der Waals surface area contributed by atoms with E-state index in [9.17, 15) is 29.7 Å². The van der Waals surface area contributed by atoms with E-state index in [0.29, 0.717) is 19.3 Å². The van der Waals surface area contributed by atoms with Crippen molar-refractivity contribution in [2.45, 2.75) is 140 Å². The first-order valence-corrected chi connectivity index (χ1v) is 15.6. The first-order chi connectivity index (χ1) is 17.8. The van der Waals surface area contributed by atoms with Crippen LogP contribution in [0, 0.1) is 5.92 Å². The molecular weight excluding hydrogens is 490 g/mol. The van der Waals surface area contributed by atoms with Crippen molar-refractivity contribution in [2.75, 3.05) is 5.75 Å². The zero-order chi connectivity index (χ0) is 27.5. The lowest BCUT2D eigenvalue weighted by molar-refractivity contribution is -0.141. The van der Waals surface area contributed by atoms with Gasteiger partial charge in [-0.3, -0.25) is 9.59 Å². The Morgan fingerprint density at radius 2 is 1.54 bits per heavy atom. The van der Waals surface area contributed by atoms with Crippen LogP contribution in [0.2, 0.25) is 0 Å². The van der Waals surface area contributed by atoms with E-state index in [1.807, 2.05) is 6.92 Å². The van der Waals surface area contributed by atoms with Crippen molar-refractivity contribution in [2.24, 2.45) is 5.92 Å². The third-order valence-corrected chi connectivity index (χ3v) is 8.59. The fourth-order valence-electron chi connectivity index (χ4n) is 5.05. The average molecular weight is 542 g/mol. The van der Waals surface area contributed by atoms with Gasteiger partial charge in [-0.2, -0.15) is 0 Å². The van der Waals surface area contributed by atoms with E-state index in [-0.39, 0.29) is 29.2 Å². The molecule has 4 atom stereocenters. The van der Waals surface area contributed by atoms with Gasteiger partial charge < -0.3 is 20.6 Å². The van der Waals surface area contributed by atoms with Crippen LogP contribution in [-0.2, 0) is 14.4 Å². The molecule has 1 rings (SSSR count). The van der Waals surface area contributed by atoms with Crippen LogP contribution in [0.3, 0.4) is 0 Å². The molecule has 0 saturated heterocycles. The Hall–Kier alpha value is -1.54. The van der Waals surface area contributed by atoms with Gasteiger partial charge in [-0.05, 0) is 38.0 Å². The number of carbonyl (C=O) groups excluding carboxylic acids is 1. The molecular formula is C29H51NO6S. The number of aliphatic carboxylic acids is 2. The van der Waals surface area contributed by atoms with Gasteiger partial charge in [-0.1, -0.05) is 96.1 Å². The average Bonchev–Trinajstić information content (AvgIpc) is 2.85. The van der Waals surface area contributed by atoms with Crippen LogP contribution in [0.4, 0.5) is 0 Å². The topological polar surface area (TPSA) is 124 Å². The highest BCUT2D eigenvalue weighted by Gasteiger charge is 2.36. The monoisotopic (exact) mass is 541 g/mol. The summed E-state index contributed by atoms with van der Waals surface area (Å²) in [6.07, 6.45) is 18.7. The fourth-order valence-corrected chi connectivity index (χ4v) is 6.31. The number of hydrogen-bond acceptors (Lipinski definition) is 5. The predicted octanol–water partition coefficient (Wildman–Crippen LogP) is 6.33. The SMILES string of the molecule is CCCCCCCCCCCCC/C=C1\CC[C@H](CC(=O)O)[C@@H](O)[C@@H]1SCC(=O)NC(CCC)C(=O)O. The van der Waals surface area contributed by atoms with E-state index < -0.39 is 24.1 Å². The molecule has 0 spiro atoms. The molecule has 4 N–H and O–H groups in total. The Kier molecular flexibility index (Phi) is 18.5. The summed E-state index contributed by atoms with van der Waals surface area (Å²) in [6.45, 7) is 4.11. The minimum atomic E-state index is -1.05. The van der Waals surface area contributed by atoms with E-state index in [0.717, 1.165) is 24.8 Å². The fraction of sp³-hybridized carbons (Fsp3) is 0.828. The van der Waals surface area contributed by atoms with Crippen molar-refractivity contribution in [1.29, 1.82) is 0 Å². The molecule has 37 heavy (non-hydrogen) atoms. The maximum Gasteiger partial charge on any atom is 0.326 e. The molecule has 0 aliphatic heterocycles. The van der Waals surface area contributed by atoms with Crippen LogP contribution >= 0.6 is 11.8 Å². The van der Waals surface area contributed by atoms with E-state index in [1.54, 1.807) is 0 Å². The van der Waals surface area contributed by atoms with Gasteiger partial charge in [0.2, 0.25) is 5.91 Å². The molecule has 1 aliphatic rings. The van der Waals surface area contributed by atoms with Crippen LogP contribution in [-0.4, -0.2) is 56.3 Å². The Morgan fingerprint density at radius 1 is 0.946 bits per heavy atom. The van der Waals surface area contributed by atoms with Gasteiger partial charge in [0, 0.05) is 0 Å². The highest BCUT2D eigenvalue weighted by molar-refractivity contribution is 8.00. The number of unbranched alkanes of at least 4 members (excludes halogenated alkanes) is 11. The number of rotatable bonds is 21. The number of carboxylic acid groups (broad SMARTS) is 2. The summed E-state index contributed by atoms with van der Waals surface area (Å²) < 4.78 is 0. The molecule has 0 radical (unpaired) electrons. The quantitative estimate of drug-likeness (QED) is 0.0988. The standard InChI is InChI=1S/C29H51NO6S/c1-3-5-6-7-8-9-10-11-12-13-14-15-17-22-18-19-23(20-26(32)33)27(34)28(22)37-21-25(31)30-24(16-4-2)29(35)36/h17,23-24,27-28,34H,3-16,18-21H2,1-2H3,(H,30,31)(H,32,33)(H,35,36)/b22-17+/t23-,24?,27-,28-/m1/s1. The van der Waals surface area contributed by atoms with Crippen LogP contribution < -0.4 is 5.32 Å². The lowest BCUT2D eigenvalue weighted by Crippen LogP contribution is -2.43. The summed E-state index contributed by atoms with van der Waals surface area (Å²) >= 11 is 1.29. The van der Waals surface area contributed by atoms with Crippen LogP contribution in [0.25, 0.3) is 0 Å². The van der Waals surface area contributed by atoms with Crippen molar-refractivity contribution >= 4 is 29.6 Å². The second-order valence-electron chi connectivity index (χ2n) is 10.5.